The Kier molecular flexibility index (Phi) is 4.31. The summed E-state index contributed by atoms with van der Waals surface area (Å²) in [5.41, 5.74) is 0.756. The molecule has 0 saturated heterocycles. The molecule has 1 saturated carbocycles. The number of carbonyl (C=O) groups excluding carboxylic acids is 1. The second kappa shape index (κ2) is 6.14. The van der Waals surface area contributed by atoms with E-state index in [1.54, 1.807) is 12.1 Å². The molecule has 1 N–H and O–H groups in total. The molecular weight excluding hydrogens is 360 g/mol. The van der Waals surface area contributed by atoms with Crippen LogP contribution in [0.2, 0.25) is 5.02 Å². The molecule has 4 nitrogen and oxygen atoms in total. The fraction of sp³-hybridized carbons (Fsp3) is 0.188. The third-order valence-corrected chi connectivity index (χ3v) is 5.46. The molecule has 1 amide bonds. The molecule has 2 aromatic rings. The van der Waals surface area contributed by atoms with Gasteiger partial charge < -0.3 is 0 Å². The van der Waals surface area contributed by atoms with Gasteiger partial charge in [0.15, 0.2) is 0 Å². The molecule has 1 aliphatic rings. The van der Waals surface area contributed by atoms with Gasteiger partial charge >= 0.3 is 0 Å². The van der Waals surface area contributed by atoms with Gasteiger partial charge in [-0.1, -0.05) is 23.7 Å². The zero-order chi connectivity index (χ0) is 17.5. The van der Waals surface area contributed by atoms with E-state index in [-0.39, 0.29) is 16.8 Å². The highest BCUT2D eigenvalue weighted by Gasteiger charge is 2.45. The monoisotopic (exact) mass is 371 g/mol. The third kappa shape index (κ3) is 3.42. The number of hydrogen-bond donors (Lipinski definition) is 1. The molecule has 2 aromatic carbocycles. The minimum absolute atomic E-state index is 0.0522. The molecule has 0 radical (unpaired) electrons. The molecule has 0 bridgehead atoms. The van der Waals surface area contributed by atoms with E-state index in [4.69, 9.17) is 11.6 Å². The van der Waals surface area contributed by atoms with Crippen molar-refractivity contribution in [2.24, 2.45) is 5.92 Å². The van der Waals surface area contributed by atoms with Crippen LogP contribution in [0.1, 0.15) is 17.9 Å². The Balaban J connectivity index is 1.72. The van der Waals surface area contributed by atoms with E-state index in [1.165, 1.54) is 18.2 Å². The Morgan fingerprint density at radius 1 is 1.12 bits per heavy atom. The summed E-state index contributed by atoms with van der Waals surface area (Å²) in [6.07, 6.45) is 0.454. The number of benzene rings is 2. The Morgan fingerprint density at radius 2 is 1.79 bits per heavy atom. The van der Waals surface area contributed by atoms with Crippen molar-refractivity contribution in [3.05, 3.63) is 64.7 Å². The van der Waals surface area contributed by atoms with Gasteiger partial charge in [0.1, 0.15) is 16.5 Å². The Hall–Kier alpha value is -1.99. The normalized spacial score (nSPS) is 19.8. The van der Waals surface area contributed by atoms with Gasteiger partial charge in [0, 0.05) is 10.9 Å². The lowest BCUT2D eigenvalue weighted by atomic mass is 10.1. The van der Waals surface area contributed by atoms with Crippen LogP contribution in [0.5, 0.6) is 0 Å². The largest absolute Gasteiger partial charge is 0.274 e. The fourth-order valence-corrected chi connectivity index (χ4v) is 3.77. The molecule has 0 aliphatic heterocycles. The van der Waals surface area contributed by atoms with Crippen molar-refractivity contribution in [3.63, 3.8) is 0 Å². The summed E-state index contributed by atoms with van der Waals surface area (Å²) >= 11 is 5.58. The Bertz CT molecular complexity index is 900. The SMILES string of the molecule is O=C(NS(=O)(=O)c1ccc(Cl)cc1F)C1CC1c1ccc(F)cc1. The van der Waals surface area contributed by atoms with Gasteiger partial charge in [-0.15, -0.1) is 0 Å². The van der Waals surface area contributed by atoms with Gasteiger partial charge in [-0.3, -0.25) is 4.79 Å². The summed E-state index contributed by atoms with van der Waals surface area (Å²) in [5, 5.41) is 0.0522. The van der Waals surface area contributed by atoms with Gasteiger partial charge in [0.25, 0.3) is 10.0 Å². The van der Waals surface area contributed by atoms with Gasteiger partial charge in [-0.05, 0) is 48.2 Å². The third-order valence-electron chi connectivity index (χ3n) is 3.84. The first-order chi connectivity index (χ1) is 11.3. The van der Waals surface area contributed by atoms with E-state index in [2.05, 4.69) is 0 Å². The lowest BCUT2D eigenvalue weighted by molar-refractivity contribution is -0.120. The van der Waals surface area contributed by atoms with Crippen molar-refractivity contribution < 1.29 is 22.0 Å². The predicted molar refractivity (Wildman–Crippen MR) is 84.0 cm³/mol. The smallest absolute Gasteiger partial charge is 0.266 e. The maximum Gasteiger partial charge on any atom is 0.266 e. The van der Waals surface area contributed by atoms with Crippen LogP contribution in [-0.4, -0.2) is 14.3 Å². The molecule has 2 unspecified atom stereocenters. The van der Waals surface area contributed by atoms with Crippen molar-refractivity contribution in [3.8, 4) is 0 Å². The van der Waals surface area contributed by atoms with Crippen LogP contribution in [0.3, 0.4) is 0 Å². The van der Waals surface area contributed by atoms with E-state index in [1.807, 2.05) is 4.72 Å². The maximum absolute atomic E-state index is 13.7. The first-order valence-electron chi connectivity index (χ1n) is 7.05. The summed E-state index contributed by atoms with van der Waals surface area (Å²) in [5.74, 6) is -2.84. The topological polar surface area (TPSA) is 63.2 Å². The van der Waals surface area contributed by atoms with Crippen LogP contribution < -0.4 is 4.72 Å². The molecule has 8 heteroatoms. The first kappa shape index (κ1) is 16.9. The van der Waals surface area contributed by atoms with E-state index in [0.29, 0.717) is 6.42 Å². The highest BCUT2D eigenvalue weighted by molar-refractivity contribution is 7.90. The summed E-state index contributed by atoms with van der Waals surface area (Å²) < 4.78 is 52.8. The molecule has 2 atom stereocenters. The van der Waals surface area contributed by atoms with Crippen LogP contribution in [0, 0.1) is 17.6 Å². The van der Waals surface area contributed by atoms with Crippen molar-refractivity contribution in [2.75, 3.05) is 0 Å². The van der Waals surface area contributed by atoms with Crippen LogP contribution in [0.25, 0.3) is 0 Å². The average molecular weight is 372 g/mol. The minimum Gasteiger partial charge on any atom is -0.274 e. The molecule has 1 fully saturated rings. The van der Waals surface area contributed by atoms with Crippen LogP contribution in [0.4, 0.5) is 8.78 Å². The summed E-state index contributed by atoms with van der Waals surface area (Å²) in [4.78, 5) is 11.5. The molecule has 0 aromatic heterocycles. The molecule has 0 spiro atoms. The zero-order valence-electron chi connectivity index (χ0n) is 12.2. The van der Waals surface area contributed by atoms with E-state index in [0.717, 1.165) is 17.7 Å². The van der Waals surface area contributed by atoms with Gasteiger partial charge in [-0.2, -0.15) is 0 Å². The van der Waals surface area contributed by atoms with E-state index >= 15 is 0 Å². The lowest BCUT2D eigenvalue weighted by Crippen LogP contribution is -2.32. The lowest BCUT2D eigenvalue weighted by Gasteiger charge is -2.08. The molecule has 0 heterocycles. The highest BCUT2D eigenvalue weighted by Crippen LogP contribution is 2.47. The number of nitrogens with one attached hydrogen (secondary N) is 1. The number of rotatable bonds is 4. The van der Waals surface area contributed by atoms with Crippen molar-refractivity contribution in [1.29, 1.82) is 0 Å². The molecule has 1 aliphatic carbocycles. The Labute approximate surface area is 142 Å². The summed E-state index contributed by atoms with van der Waals surface area (Å²) in [6, 6.07) is 8.75. The van der Waals surface area contributed by atoms with Crippen molar-refractivity contribution >= 4 is 27.5 Å². The first-order valence-corrected chi connectivity index (χ1v) is 8.91. The predicted octanol–water partition coefficient (Wildman–Crippen LogP) is 3.23. The maximum atomic E-state index is 13.7. The number of sulfonamides is 1. The molecule has 24 heavy (non-hydrogen) atoms. The second-order valence-corrected chi connectivity index (χ2v) is 7.63. The zero-order valence-corrected chi connectivity index (χ0v) is 13.7. The van der Waals surface area contributed by atoms with E-state index < -0.39 is 32.6 Å². The van der Waals surface area contributed by atoms with Gasteiger partial charge in [0.2, 0.25) is 5.91 Å². The van der Waals surface area contributed by atoms with Crippen molar-refractivity contribution in [1.82, 2.24) is 4.72 Å². The molecular formula is C16H12ClF2NO3S. The minimum atomic E-state index is -4.32. The van der Waals surface area contributed by atoms with Gasteiger partial charge in [-0.25, -0.2) is 21.9 Å². The standard InChI is InChI=1S/C16H12ClF2NO3S/c17-10-3-6-15(14(19)7-10)24(22,23)20-16(21)13-8-12(13)9-1-4-11(18)5-2-9/h1-7,12-13H,8H2,(H,20,21). The summed E-state index contributed by atoms with van der Waals surface area (Å²) in [6.45, 7) is 0. The number of halogens is 3. The number of amides is 1. The molecule has 126 valence electrons. The van der Waals surface area contributed by atoms with Crippen LogP contribution in [0.15, 0.2) is 47.4 Å². The van der Waals surface area contributed by atoms with Crippen LogP contribution in [-0.2, 0) is 14.8 Å². The second-order valence-electron chi connectivity index (χ2n) is 5.54. The Morgan fingerprint density at radius 3 is 2.42 bits per heavy atom. The van der Waals surface area contributed by atoms with Crippen LogP contribution >= 0.6 is 11.6 Å². The fourth-order valence-electron chi connectivity index (χ4n) is 2.52. The molecule has 3 rings (SSSR count). The number of hydrogen-bond acceptors (Lipinski definition) is 3. The van der Waals surface area contributed by atoms with Crippen molar-refractivity contribution in [2.45, 2.75) is 17.2 Å². The number of carbonyl (C=O) groups is 1. The summed E-state index contributed by atoms with van der Waals surface area (Å²) in [7, 11) is -4.32. The van der Waals surface area contributed by atoms with E-state index in [9.17, 15) is 22.0 Å². The quantitative estimate of drug-likeness (QED) is 0.897. The average Bonchev–Trinajstić information content (AvgIpc) is 3.27. The highest BCUT2D eigenvalue weighted by atomic mass is 35.5. The van der Waals surface area contributed by atoms with Gasteiger partial charge in [0.05, 0.1) is 0 Å².